The molecule has 0 spiro atoms. The largest absolute Gasteiger partial charge is 0.384 e. The number of hydrogen-bond acceptors (Lipinski definition) is 4. The van der Waals surface area contributed by atoms with E-state index in [1.807, 2.05) is 18.2 Å². The number of nitrogen functional groups attached to an aromatic ring is 1. The fraction of sp³-hybridized carbons (Fsp3) is 0.364. The Balaban J connectivity index is 2.12. The highest BCUT2D eigenvalue weighted by molar-refractivity contribution is 5.41. The molecular weight excluding hydrogens is 190 g/mol. The van der Waals surface area contributed by atoms with Crippen molar-refractivity contribution in [2.24, 2.45) is 0 Å². The van der Waals surface area contributed by atoms with Crippen LogP contribution in [-0.4, -0.2) is 24.7 Å². The minimum Gasteiger partial charge on any atom is -0.384 e. The second-order valence-electron chi connectivity index (χ2n) is 3.06. The van der Waals surface area contributed by atoms with Crippen LogP contribution in [0.15, 0.2) is 30.9 Å². The molecule has 0 atom stereocenters. The average molecular weight is 207 g/mol. The number of aromatic nitrogens is 1. The first-order chi connectivity index (χ1) is 7.33. The maximum atomic E-state index is 5.54. The van der Waals surface area contributed by atoms with Gasteiger partial charge in [0.1, 0.15) is 11.6 Å². The molecule has 1 rings (SSSR count). The Hall–Kier alpha value is -1.55. The molecule has 82 valence electrons. The van der Waals surface area contributed by atoms with E-state index in [0.717, 1.165) is 25.4 Å². The Kier molecular flexibility index (Phi) is 5.25. The molecular formula is C11H17N3O. The Labute approximate surface area is 90.2 Å². The van der Waals surface area contributed by atoms with Gasteiger partial charge < -0.3 is 15.8 Å². The van der Waals surface area contributed by atoms with Gasteiger partial charge in [0.2, 0.25) is 0 Å². The molecule has 0 saturated carbocycles. The van der Waals surface area contributed by atoms with Crippen LogP contribution in [0.25, 0.3) is 0 Å². The van der Waals surface area contributed by atoms with E-state index in [1.54, 1.807) is 6.07 Å². The molecule has 15 heavy (non-hydrogen) atoms. The van der Waals surface area contributed by atoms with Crippen molar-refractivity contribution in [1.29, 1.82) is 0 Å². The highest BCUT2D eigenvalue weighted by Crippen LogP contribution is 2.04. The van der Waals surface area contributed by atoms with E-state index >= 15 is 0 Å². The molecule has 4 heteroatoms. The molecule has 0 aromatic carbocycles. The summed E-state index contributed by atoms with van der Waals surface area (Å²) >= 11 is 0. The number of rotatable bonds is 7. The SMILES string of the molecule is C=CCCOCCNc1cccc(N)n1. The van der Waals surface area contributed by atoms with E-state index in [2.05, 4.69) is 16.9 Å². The van der Waals surface area contributed by atoms with Gasteiger partial charge in [0.05, 0.1) is 13.2 Å². The second kappa shape index (κ2) is 6.84. The standard InChI is InChI=1S/C11H17N3O/c1-2-3-8-15-9-7-13-11-6-4-5-10(12)14-11/h2,4-6H,1,3,7-9H2,(H3,12,13,14). The van der Waals surface area contributed by atoms with Crippen molar-refractivity contribution in [1.82, 2.24) is 4.98 Å². The van der Waals surface area contributed by atoms with Gasteiger partial charge >= 0.3 is 0 Å². The van der Waals surface area contributed by atoms with E-state index in [9.17, 15) is 0 Å². The van der Waals surface area contributed by atoms with Gasteiger partial charge in [-0.3, -0.25) is 0 Å². The maximum absolute atomic E-state index is 5.54. The van der Waals surface area contributed by atoms with Crippen molar-refractivity contribution in [3.63, 3.8) is 0 Å². The van der Waals surface area contributed by atoms with Gasteiger partial charge in [0.25, 0.3) is 0 Å². The van der Waals surface area contributed by atoms with Gasteiger partial charge in [0.15, 0.2) is 0 Å². The lowest BCUT2D eigenvalue weighted by Crippen LogP contribution is -2.11. The molecule has 3 N–H and O–H groups in total. The molecule has 0 aliphatic carbocycles. The zero-order valence-corrected chi connectivity index (χ0v) is 8.78. The van der Waals surface area contributed by atoms with Gasteiger partial charge in [-0.05, 0) is 18.6 Å². The van der Waals surface area contributed by atoms with Crippen LogP contribution in [0, 0.1) is 0 Å². The van der Waals surface area contributed by atoms with Crippen molar-refractivity contribution < 1.29 is 4.74 Å². The minimum absolute atomic E-state index is 0.521. The predicted molar refractivity (Wildman–Crippen MR) is 62.8 cm³/mol. The summed E-state index contributed by atoms with van der Waals surface area (Å²) in [6.07, 6.45) is 2.73. The fourth-order valence-electron chi connectivity index (χ4n) is 1.07. The van der Waals surface area contributed by atoms with Crippen LogP contribution in [0.3, 0.4) is 0 Å². The van der Waals surface area contributed by atoms with Crippen molar-refractivity contribution in [2.75, 3.05) is 30.8 Å². The molecule has 1 aromatic rings. The topological polar surface area (TPSA) is 60.2 Å². The monoisotopic (exact) mass is 207 g/mol. The molecule has 1 aromatic heterocycles. The van der Waals surface area contributed by atoms with Crippen LogP contribution < -0.4 is 11.1 Å². The lowest BCUT2D eigenvalue weighted by Gasteiger charge is -2.06. The van der Waals surface area contributed by atoms with Gasteiger partial charge in [-0.15, -0.1) is 6.58 Å². The van der Waals surface area contributed by atoms with Crippen LogP contribution in [0.1, 0.15) is 6.42 Å². The normalized spacial score (nSPS) is 9.87. The predicted octanol–water partition coefficient (Wildman–Crippen LogP) is 1.67. The Morgan fingerprint density at radius 1 is 1.47 bits per heavy atom. The van der Waals surface area contributed by atoms with E-state index < -0.39 is 0 Å². The first kappa shape index (κ1) is 11.5. The molecule has 0 unspecified atom stereocenters. The van der Waals surface area contributed by atoms with E-state index in [-0.39, 0.29) is 0 Å². The highest BCUT2D eigenvalue weighted by Gasteiger charge is 1.93. The van der Waals surface area contributed by atoms with Crippen molar-refractivity contribution >= 4 is 11.6 Å². The first-order valence-corrected chi connectivity index (χ1v) is 4.98. The smallest absolute Gasteiger partial charge is 0.128 e. The average Bonchev–Trinajstić information content (AvgIpc) is 2.23. The summed E-state index contributed by atoms with van der Waals surface area (Å²) in [5.74, 6) is 1.30. The highest BCUT2D eigenvalue weighted by atomic mass is 16.5. The van der Waals surface area contributed by atoms with E-state index in [0.29, 0.717) is 12.4 Å². The molecule has 0 bridgehead atoms. The van der Waals surface area contributed by atoms with Gasteiger partial charge in [-0.1, -0.05) is 12.1 Å². The summed E-state index contributed by atoms with van der Waals surface area (Å²) in [6, 6.07) is 5.50. The number of pyridine rings is 1. The quantitative estimate of drug-likeness (QED) is 0.527. The molecule has 0 aliphatic heterocycles. The van der Waals surface area contributed by atoms with Crippen LogP contribution in [0.4, 0.5) is 11.6 Å². The Morgan fingerprint density at radius 3 is 3.07 bits per heavy atom. The Morgan fingerprint density at radius 2 is 2.33 bits per heavy atom. The molecule has 0 fully saturated rings. The summed E-state index contributed by atoms with van der Waals surface area (Å²) in [5, 5.41) is 3.12. The minimum atomic E-state index is 0.521. The Bertz CT molecular complexity index is 302. The third-order valence-corrected chi connectivity index (χ3v) is 1.79. The van der Waals surface area contributed by atoms with Crippen LogP contribution in [0.5, 0.6) is 0 Å². The van der Waals surface area contributed by atoms with Crippen molar-refractivity contribution in [3.05, 3.63) is 30.9 Å². The molecule has 0 aliphatic rings. The van der Waals surface area contributed by atoms with Gasteiger partial charge in [0, 0.05) is 6.54 Å². The number of nitrogens with two attached hydrogens (primary N) is 1. The number of nitrogens with one attached hydrogen (secondary N) is 1. The molecule has 0 amide bonds. The number of nitrogens with zero attached hydrogens (tertiary/aromatic N) is 1. The summed E-state index contributed by atoms with van der Waals surface area (Å²) in [6.45, 7) is 5.72. The second-order valence-corrected chi connectivity index (χ2v) is 3.06. The summed E-state index contributed by atoms with van der Waals surface area (Å²) < 4.78 is 5.33. The van der Waals surface area contributed by atoms with Gasteiger partial charge in [-0.2, -0.15) is 0 Å². The first-order valence-electron chi connectivity index (χ1n) is 4.98. The summed E-state index contributed by atoms with van der Waals surface area (Å²) in [7, 11) is 0. The molecule has 0 radical (unpaired) electrons. The third kappa shape index (κ3) is 5.02. The van der Waals surface area contributed by atoms with Crippen molar-refractivity contribution in [3.8, 4) is 0 Å². The van der Waals surface area contributed by atoms with E-state index in [1.165, 1.54) is 0 Å². The molecule has 0 saturated heterocycles. The molecule has 4 nitrogen and oxygen atoms in total. The van der Waals surface area contributed by atoms with E-state index in [4.69, 9.17) is 10.5 Å². The van der Waals surface area contributed by atoms with Crippen LogP contribution in [-0.2, 0) is 4.74 Å². The maximum Gasteiger partial charge on any atom is 0.128 e. The fourth-order valence-corrected chi connectivity index (χ4v) is 1.07. The molecule has 1 heterocycles. The lowest BCUT2D eigenvalue weighted by molar-refractivity contribution is 0.149. The number of hydrogen-bond donors (Lipinski definition) is 2. The third-order valence-electron chi connectivity index (χ3n) is 1.79. The number of anilines is 2. The van der Waals surface area contributed by atoms with Crippen molar-refractivity contribution in [2.45, 2.75) is 6.42 Å². The van der Waals surface area contributed by atoms with Gasteiger partial charge in [-0.25, -0.2) is 4.98 Å². The van der Waals surface area contributed by atoms with Crippen LogP contribution in [0.2, 0.25) is 0 Å². The van der Waals surface area contributed by atoms with Crippen LogP contribution >= 0.6 is 0 Å². The summed E-state index contributed by atoms with van der Waals surface area (Å²) in [5.41, 5.74) is 5.54. The zero-order chi connectivity index (χ0) is 10.9. The zero-order valence-electron chi connectivity index (χ0n) is 8.78. The summed E-state index contributed by atoms with van der Waals surface area (Å²) in [4.78, 5) is 4.10. The number of ether oxygens (including phenoxy) is 1. The lowest BCUT2D eigenvalue weighted by atomic mass is 10.4.